The van der Waals surface area contributed by atoms with E-state index in [1.807, 2.05) is 18.7 Å². The summed E-state index contributed by atoms with van der Waals surface area (Å²) in [7, 11) is -1.23. The number of hydrogen-bond donors (Lipinski definition) is 0. The molecule has 0 aromatic heterocycles. The van der Waals surface area contributed by atoms with Crippen LogP contribution in [-0.2, 0) is 18.4 Å². The molecular formula is C10H20NO4P. The molecule has 1 rings (SSSR count). The molecule has 0 radical (unpaired) electrons. The van der Waals surface area contributed by atoms with Gasteiger partial charge < -0.3 is 18.5 Å². The number of carbonyl (C=O) groups is 1. The average Bonchev–Trinajstić information content (AvgIpc) is 2.65. The highest BCUT2D eigenvalue weighted by atomic mass is 31.2. The molecule has 1 fully saturated rings. The van der Waals surface area contributed by atoms with Crippen LogP contribution in [0.5, 0.6) is 0 Å². The molecule has 0 N–H and O–H groups in total. The minimum absolute atomic E-state index is 0.223. The van der Waals surface area contributed by atoms with Gasteiger partial charge in [-0.15, -0.1) is 0 Å². The van der Waals surface area contributed by atoms with Gasteiger partial charge >= 0.3 is 8.60 Å². The SMILES string of the molecule is CCOP(OCC)OCCN1CCCC1=O. The van der Waals surface area contributed by atoms with Gasteiger partial charge in [-0.05, 0) is 20.3 Å². The van der Waals surface area contributed by atoms with E-state index in [9.17, 15) is 4.79 Å². The zero-order valence-electron chi connectivity index (χ0n) is 9.98. The molecule has 0 bridgehead atoms. The Bertz CT molecular complexity index is 209. The van der Waals surface area contributed by atoms with Gasteiger partial charge in [0.25, 0.3) is 0 Å². The normalized spacial score (nSPS) is 16.4. The first-order valence-electron chi connectivity index (χ1n) is 5.74. The lowest BCUT2D eigenvalue weighted by Crippen LogP contribution is -2.28. The third-order valence-electron chi connectivity index (χ3n) is 2.20. The van der Waals surface area contributed by atoms with E-state index >= 15 is 0 Å². The zero-order valence-corrected chi connectivity index (χ0v) is 10.9. The maximum Gasteiger partial charge on any atom is 0.332 e. The van der Waals surface area contributed by atoms with Crippen LogP contribution in [0.25, 0.3) is 0 Å². The van der Waals surface area contributed by atoms with E-state index in [2.05, 4.69) is 0 Å². The standard InChI is InChI=1S/C10H20NO4P/c1-3-13-16(14-4-2)15-9-8-11-7-5-6-10(11)12/h3-9H2,1-2H3. The van der Waals surface area contributed by atoms with Gasteiger partial charge in [0.15, 0.2) is 0 Å². The molecule has 1 saturated heterocycles. The van der Waals surface area contributed by atoms with Gasteiger partial charge in [-0.3, -0.25) is 4.79 Å². The second-order valence-corrected chi connectivity index (χ2v) is 4.60. The van der Waals surface area contributed by atoms with Crippen LogP contribution < -0.4 is 0 Å². The Kier molecular flexibility index (Phi) is 6.88. The highest BCUT2D eigenvalue weighted by Gasteiger charge is 2.20. The molecule has 0 aromatic rings. The van der Waals surface area contributed by atoms with Crippen molar-refractivity contribution in [2.75, 3.05) is 32.9 Å². The molecule has 1 aliphatic rings. The van der Waals surface area contributed by atoms with Gasteiger partial charge in [-0.25, -0.2) is 0 Å². The van der Waals surface area contributed by atoms with Crippen molar-refractivity contribution in [1.82, 2.24) is 4.90 Å². The van der Waals surface area contributed by atoms with Gasteiger partial charge in [-0.2, -0.15) is 0 Å². The van der Waals surface area contributed by atoms with E-state index in [-0.39, 0.29) is 5.91 Å². The summed E-state index contributed by atoms with van der Waals surface area (Å²) in [6, 6.07) is 0. The van der Waals surface area contributed by atoms with Crippen LogP contribution in [0.2, 0.25) is 0 Å². The Morgan fingerprint density at radius 3 is 2.44 bits per heavy atom. The molecule has 1 heterocycles. The molecular weight excluding hydrogens is 229 g/mol. The minimum atomic E-state index is -1.23. The fraction of sp³-hybridized carbons (Fsp3) is 0.900. The van der Waals surface area contributed by atoms with E-state index < -0.39 is 8.60 Å². The first-order valence-corrected chi connectivity index (χ1v) is 6.84. The van der Waals surface area contributed by atoms with Crippen molar-refractivity contribution in [3.05, 3.63) is 0 Å². The second kappa shape index (κ2) is 7.96. The minimum Gasteiger partial charge on any atom is -0.340 e. The van der Waals surface area contributed by atoms with Crippen LogP contribution in [0, 0.1) is 0 Å². The fourth-order valence-electron chi connectivity index (χ4n) is 1.49. The van der Waals surface area contributed by atoms with E-state index in [4.69, 9.17) is 13.6 Å². The smallest absolute Gasteiger partial charge is 0.332 e. The molecule has 0 saturated carbocycles. The van der Waals surface area contributed by atoms with Crippen molar-refractivity contribution in [2.45, 2.75) is 26.7 Å². The number of rotatable bonds is 8. The van der Waals surface area contributed by atoms with Crippen LogP contribution in [-0.4, -0.2) is 43.7 Å². The van der Waals surface area contributed by atoms with Gasteiger partial charge in [0.05, 0.1) is 19.8 Å². The average molecular weight is 249 g/mol. The zero-order chi connectivity index (χ0) is 11.8. The van der Waals surface area contributed by atoms with Crippen LogP contribution >= 0.6 is 8.60 Å². The van der Waals surface area contributed by atoms with Crippen molar-refractivity contribution in [1.29, 1.82) is 0 Å². The third-order valence-corrected chi connectivity index (χ3v) is 3.53. The molecule has 0 aromatic carbocycles. The number of amides is 1. The van der Waals surface area contributed by atoms with E-state index in [1.54, 1.807) is 0 Å². The first-order chi connectivity index (χ1) is 7.77. The molecule has 1 amide bonds. The maximum atomic E-state index is 11.3. The lowest BCUT2D eigenvalue weighted by atomic mass is 10.4. The van der Waals surface area contributed by atoms with Crippen LogP contribution in [0.4, 0.5) is 0 Å². The predicted molar refractivity (Wildman–Crippen MR) is 61.9 cm³/mol. The van der Waals surface area contributed by atoms with E-state index in [0.29, 0.717) is 32.8 Å². The molecule has 0 unspecified atom stereocenters. The molecule has 1 aliphatic heterocycles. The second-order valence-electron chi connectivity index (χ2n) is 3.38. The summed E-state index contributed by atoms with van der Waals surface area (Å²) in [5.41, 5.74) is 0. The monoisotopic (exact) mass is 249 g/mol. The molecule has 6 heteroatoms. The highest BCUT2D eigenvalue weighted by Crippen LogP contribution is 2.38. The summed E-state index contributed by atoms with van der Waals surface area (Å²) in [5.74, 6) is 0.223. The lowest BCUT2D eigenvalue weighted by molar-refractivity contribution is -0.128. The van der Waals surface area contributed by atoms with Crippen molar-refractivity contribution < 1.29 is 18.4 Å². The summed E-state index contributed by atoms with van der Waals surface area (Å²) in [5, 5.41) is 0. The summed E-state index contributed by atoms with van der Waals surface area (Å²) < 4.78 is 16.0. The molecule has 0 aliphatic carbocycles. The fourth-order valence-corrected chi connectivity index (χ4v) is 2.36. The summed E-state index contributed by atoms with van der Waals surface area (Å²) in [6.45, 7) is 6.94. The van der Waals surface area contributed by atoms with E-state index in [0.717, 1.165) is 13.0 Å². The lowest BCUT2D eigenvalue weighted by Gasteiger charge is -2.18. The Morgan fingerprint density at radius 2 is 1.94 bits per heavy atom. The topological polar surface area (TPSA) is 48.0 Å². The number of nitrogens with zero attached hydrogens (tertiary/aromatic N) is 1. The number of likely N-dealkylation sites (tertiary alicyclic amines) is 1. The quantitative estimate of drug-likeness (QED) is 0.617. The van der Waals surface area contributed by atoms with Crippen LogP contribution in [0.15, 0.2) is 0 Å². The Morgan fingerprint density at radius 1 is 1.25 bits per heavy atom. The first kappa shape index (κ1) is 13.8. The molecule has 0 spiro atoms. The molecule has 16 heavy (non-hydrogen) atoms. The summed E-state index contributed by atoms with van der Waals surface area (Å²) in [6.07, 6.45) is 1.64. The van der Waals surface area contributed by atoms with Gasteiger partial charge in [0, 0.05) is 19.5 Å². The number of carbonyl (C=O) groups excluding carboxylic acids is 1. The number of hydrogen-bond acceptors (Lipinski definition) is 4. The summed E-state index contributed by atoms with van der Waals surface area (Å²) in [4.78, 5) is 13.1. The third kappa shape index (κ3) is 4.74. The molecule has 5 nitrogen and oxygen atoms in total. The van der Waals surface area contributed by atoms with Crippen molar-refractivity contribution in [2.24, 2.45) is 0 Å². The van der Waals surface area contributed by atoms with Crippen molar-refractivity contribution in [3.8, 4) is 0 Å². The summed E-state index contributed by atoms with van der Waals surface area (Å²) >= 11 is 0. The molecule has 94 valence electrons. The van der Waals surface area contributed by atoms with E-state index in [1.165, 1.54) is 0 Å². The van der Waals surface area contributed by atoms with Gasteiger partial charge in [0.2, 0.25) is 5.91 Å². The highest BCUT2D eigenvalue weighted by molar-refractivity contribution is 7.41. The Labute approximate surface area is 98.0 Å². The van der Waals surface area contributed by atoms with Gasteiger partial charge in [-0.1, -0.05) is 0 Å². The van der Waals surface area contributed by atoms with Crippen LogP contribution in [0.1, 0.15) is 26.7 Å². The van der Waals surface area contributed by atoms with Gasteiger partial charge in [0.1, 0.15) is 0 Å². The maximum absolute atomic E-state index is 11.3. The Hall–Kier alpha value is -0.220. The van der Waals surface area contributed by atoms with Crippen molar-refractivity contribution in [3.63, 3.8) is 0 Å². The predicted octanol–water partition coefficient (Wildman–Crippen LogP) is 1.93. The molecule has 0 atom stereocenters. The van der Waals surface area contributed by atoms with Crippen molar-refractivity contribution >= 4 is 14.5 Å². The van der Waals surface area contributed by atoms with Crippen LogP contribution in [0.3, 0.4) is 0 Å². The largest absolute Gasteiger partial charge is 0.340 e. The Balaban J connectivity index is 2.14.